The van der Waals surface area contributed by atoms with Crippen molar-refractivity contribution in [2.45, 2.75) is 32.8 Å². The highest BCUT2D eigenvalue weighted by molar-refractivity contribution is 9.10. The Hall–Kier alpha value is -0.410. The highest BCUT2D eigenvalue weighted by atomic mass is 79.9. The molecule has 0 aromatic carbocycles. The highest BCUT2D eigenvalue weighted by Crippen LogP contribution is 2.24. The van der Waals surface area contributed by atoms with Crippen molar-refractivity contribution >= 4 is 15.9 Å². The summed E-state index contributed by atoms with van der Waals surface area (Å²) >= 11 is 3.32. The number of aromatic nitrogens is 1. The standard InChI is InChI=1S/C11H16BrNO/c1-3-4-8(2)11(14)10-6-5-9(12)7-13-10/h5-8,11,14H,3-4H2,1-2H3. The van der Waals surface area contributed by atoms with E-state index in [4.69, 9.17) is 0 Å². The third-order valence-corrected chi connectivity index (χ3v) is 2.81. The van der Waals surface area contributed by atoms with Gasteiger partial charge in [-0.25, -0.2) is 0 Å². The number of aliphatic hydroxyl groups excluding tert-OH is 1. The molecule has 0 aliphatic carbocycles. The molecule has 14 heavy (non-hydrogen) atoms. The van der Waals surface area contributed by atoms with E-state index in [0.717, 1.165) is 23.0 Å². The summed E-state index contributed by atoms with van der Waals surface area (Å²) in [7, 11) is 0. The van der Waals surface area contributed by atoms with Crippen LogP contribution in [0.25, 0.3) is 0 Å². The number of rotatable bonds is 4. The predicted molar refractivity (Wildman–Crippen MR) is 61.0 cm³/mol. The van der Waals surface area contributed by atoms with Crippen molar-refractivity contribution in [3.8, 4) is 0 Å². The van der Waals surface area contributed by atoms with E-state index in [1.807, 2.05) is 12.1 Å². The van der Waals surface area contributed by atoms with Crippen molar-refractivity contribution in [1.29, 1.82) is 0 Å². The minimum absolute atomic E-state index is 0.272. The summed E-state index contributed by atoms with van der Waals surface area (Å²) in [6, 6.07) is 3.77. The zero-order valence-corrected chi connectivity index (χ0v) is 10.2. The molecule has 2 unspecified atom stereocenters. The molecule has 0 aliphatic heterocycles. The van der Waals surface area contributed by atoms with E-state index < -0.39 is 6.10 Å². The maximum absolute atomic E-state index is 9.93. The Morgan fingerprint density at radius 1 is 1.50 bits per heavy atom. The van der Waals surface area contributed by atoms with Crippen LogP contribution in [0, 0.1) is 5.92 Å². The Morgan fingerprint density at radius 3 is 2.71 bits per heavy atom. The van der Waals surface area contributed by atoms with E-state index in [-0.39, 0.29) is 5.92 Å². The molecule has 0 spiro atoms. The van der Waals surface area contributed by atoms with Crippen molar-refractivity contribution < 1.29 is 5.11 Å². The molecule has 1 aromatic heterocycles. The fourth-order valence-electron chi connectivity index (χ4n) is 1.47. The first-order valence-electron chi connectivity index (χ1n) is 4.94. The minimum Gasteiger partial charge on any atom is -0.387 e. The summed E-state index contributed by atoms with van der Waals surface area (Å²) in [6.45, 7) is 4.18. The molecule has 1 rings (SSSR count). The molecule has 1 N–H and O–H groups in total. The molecule has 1 aromatic rings. The fraction of sp³-hybridized carbons (Fsp3) is 0.545. The van der Waals surface area contributed by atoms with Gasteiger partial charge in [-0.3, -0.25) is 4.98 Å². The third kappa shape index (κ3) is 3.07. The lowest BCUT2D eigenvalue weighted by Crippen LogP contribution is -2.10. The third-order valence-electron chi connectivity index (χ3n) is 2.34. The molecule has 0 radical (unpaired) electrons. The number of halogens is 1. The average molecular weight is 258 g/mol. The van der Waals surface area contributed by atoms with Crippen LogP contribution in [0.15, 0.2) is 22.8 Å². The van der Waals surface area contributed by atoms with Crippen LogP contribution in [0.2, 0.25) is 0 Å². The monoisotopic (exact) mass is 257 g/mol. The van der Waals surface area contributed by atoms with Gasteiger partial charge in [0.15, 0.2) is 0 Å². The number of hydrogen-bond donors (Lipinski definition) is 1. The Balaban J connectivity index is 2.68. The zero-order chi connectivity index (χ0) is 10.6. The van der Waals surface area contributed by atoms with E-state index in [1.54, 1.807) is 6.20 Å². The minimum atomic E-state index is -0.442. The second kappa shape index (κ2) is 5.47. The van der Waals surface area contributed by atoms with Crippen LogP contribution in [-0.4, -0.2) is 10.1 Å². The van der Waals surface area contributed by atoms with Gasteiger partial charge in [-0.15, -0.1) is 0 Å². The van der Waals surface area contributed by atoms with Crippen LogP contribution in [0.4, 0.5) is 0 Å². The summed E-state index contributed by atoms with van der Waals surface area (Å²) in [5.41, 5.74) is 0.758. The van der Waals surface area contributed by atoms with Crippen LogP contribution >= 0.6 is 15.9 Å². The fourth-order valence-corrected chi connectivity index (χ4v) is 1.70. The highest BCUT2D eigenvalue weighted by Gasteiger charge is 2.16. The van der Waals surface area contributed by atoms with Crippen LogP contribution in [-0.2, 0) is 0 Å². The molecule has 2 atom stereocenters. The average Bonchev–Trinajstić information content (AvgIpc) is 2.18. The summed E-state index contributed by atoms with van der Waals surface area (Å²) in [5, 5.41) is 9.93. The number of aliphatic hydroxyl groups is 1. The molecule has 3 heteroatoms. The second-order valence-electron chi connectivity index (χ2n) is 3.61. The molecular weight excluding hydrogens is 242 g/mol. The van der Waals surface area contributed by atoms with Crippen LogP contribution in [0.5, 0.6) is 0 Å². The van der Waals surface area contributed by atoms with E-state index >= 15 is 0 Å². The summed E-state index contributed by atoms with van der Waals surface area (Å²) in [6.07, 6.45) is 3.40. The quantitative estimate of drug-likeness (QED) is 0.898. The van der Waals surface area contributed by atoms with Gasteiger partial charge in [0.2, 0.25) is 0 Å². The largest absolute Gasteiger partial charge is 0.387 e. The van der Waals surface area contributed by atoms with Gasteiger partial charge in [0, 0.05) is 10.7 Å². The van der Waals surface area contributed by atoms with E-state index in [0.29, 0.717) is 0 Å². The van der Waals surface area contributed by atoms with Crippen LogP contribution in [0.1, 0.15) is 38.5 Å². The molecule has 0 amide bonds. The number of hydrogen-bond acceptors (Lipinski definition) is 2. The first-order chi connectivity index (χ1) is 6.65. The second-order valence-corrected chi connectivity index (χ2v) is 4.53. The van der Waals surface area contributed by atoms with Crippen molar-refractivity contribution in [3.63, 3.8) is 0 Å². The molecule has 0 aliphatic rings. The van der Waals surface area contributed by atoms with Crippen LogP contribution in [0.3, 0.4) is 0 Å². The van der Waals surface area contributed by atoms with Gasteiger partial charge in [-0.1, -0.05) is 20.3 Å². The van der Waals surface area contributed by atoms with Crippen molar-refractivity contribution in [2.24, 2.45) is 5.92 Å². The SMILES string of the molecule is CCCC(C)C(O)c1ccc(Br)cn1. The van der Waals surface area contributed by atoms with Gasteiger partial charge < -0.3 is 5.11 Å². The molecule has 1 heterocycles. The smallest absolute Gasteiger partial charge is 0.0985 e. The summed E-state index contributed by atoms with van der Waals surface area (Å²) in [5.74, 6) is 0.272. The van der Waals surface area contributed by atoms with E-state index in [2.05, 4.69) is 34.8 Å². The Morgan fingerprint density at radius 2 is 2.21 bits per heavy atom. The molecule has 78 valence electrons. The lowest BCUT2D eigenvalue weighted by Gasteiger charge is -2.17. The molecule has 0 saturated carbocycles. The first kappa shape index (κ1) is 11.7. The maximum Gasteiger partial charge on any atom is 0.0985 e. The zero-order valence-electron chi connectivity index (χ0n) is 8.57. The van der Waals surface area contributed by atoms with Crippen molar-refractivity contribution in [2.75, 3.05) is 0 Å². The topological polar surface area (TPSA) is 33.1 Å². The summed E-state index contributed by atoms with van der Waals surface area (Å²) in [4.78, 5) is 4.18. The van der Waals surface area contributed by atoms with E-state index in [9.17, 15) is 5.11 Å². The molecule has 2 nitrogen and oxygen atoms in total. The normalized spacial score (nSPS) is 15.1. The van der Waals surface area contributed by atoms with Gasteiger partial charge in [0.1, 0.15) is 0 Å². The Labute approximate surface area is 93.5 Å². The first-order valence-corrected chi connectivity index (χ1v) is 5.74. The van der Waals surface area contributed by atoms with Crippen molar-refractivity contribution in [3.05, 3.63) is 28.5 Å². The summed E-state index contributed by atoms with van der Waals surface area (Å²) < 4.78 is 0.941. The Bertz CT molecular complexity index is 273. The Kier molecular flexibility index (Phi) is 4.55. The van der Waals surface area contributed by atoms with Crippen molar-refractivity contribution in [1.82, 2.24) is 4.98 Å². The van der Waals surface area contributed by atoms with Gasteiger partial charge in [0.05, 0.1) is 11.8 Å². The molecule has 0 saturated heterocycles. The van der Waals surface area contributed by atoms with Gasteiger partial charge >= 0.3 is 0 Å². The van der Waals surface area contributed by atoms with Crippen LogP contribution < -0.4 is 0 Å². The molecule has 0 fully saturated rings. The predicted octanol–water partition coefficient (Wildman–Crippen LogP) is 3.31. The van der Waals surface area contributed by atoms with Gasteiger partial charge in [-0.2, -0.15) is 0 Å². The van der Waals surface area contributed by atoms with Gasteiger partial charge in [0.25, 0.3) is 0 Å². The maximum atomic E-state index is 9.93. The molecule has 0 bridgehead atoms. The number of nitrogens with zero attached hydrogens (tertiary/aromatic N) is 1. The lowest BCUT2D eigenvalue weighted by atomic mass is 9.97. The molecular formula is C11H16BrNO. The number of pyridine rings is 1. The van der Waals surface area contributed by atoms with E-state index in [1.165, 1.54) is 0 Å². The lowest BCUT2D eigenvalue weighted by molar-refractivity contribution is 0.108. The van der Waals surface area contributed by atoms with Gasteiger partial charge in [-0.05, 0) is 40.4 Å².